The minimum atomic E-state index is -0.542. The van der Waals surface area contributed by atoms with Gasteiger partial charge < -0.3 is 24.7 Å². The second kappa shape index (κ2) is 12.1. The standard InChI is InChI=1S/C34H47N3O7/c1-33-15-13-24(38)21-22(33)3-8-26-27-9-10-29(34(27,2)16-14-28(26)33)30(39)11-12-31(40)35-17-19-36(20-18-35)32(41)44-25-6-4-23(5-7-25)37(42)43/h3-7,24,26-30,38-39H,8-21H2,1-2H3/t24-,26-,27-,28-,29+,30+,33-,34-/m0/s1. The molecule has 0 bridgehead atoms. The fourth-order valence-corrected chi connectivity index (χ4v) is 9.88. The van der Waals surface area contributed by atoms with Crippen molar-refractivity contribution in [2.24, 2.45) is 34.5 Å². The van der Waals surface area contributed by atoms with E-state index in [4.69, 9.17) is 4.74 Å². The van der Waals surface area contributed by atoms with Crippen LogP contribution in [0.15, 0.2) is 35.9 Å². The number of nitro groups is 1. The fourth-order valence-electron chi connectivity index (χ4n) is 9.88. The van der Waals surface area contributed by atoms with Crippen LogP contribution in [-0.4, -0.2) is 75.3 Å². The molecule has 1 aliphatic heterocycles. The van der Waals surface area contributed by atoms with Gasteiger partial charge in [0.2, 0.25) is 5.91 Å². The maximum atomic E-state index is 13.1. The van der Waals surface area contributed by atoms with Crippen LogP contribution in [0, 0.1) is 44.6 Å². The predicted octanol–water partition coefficient (Wildman–Crippen LogP) is 5.32. The number of aliphatic hydroxyl groups excluding tert-OH is 2. The molecule has 0 radical (unpaired) electrons. The quantitative estimate of drug-likeness (QED) is 0.253. The molecule has 0 aromatic heterocycles. The first-order chi connectivity index (χ1) is 21.0. The summed E-state index contributed by atoms with van der Waals surface area (Å²) in [5.74, 6) is 2.34. The Balaban J connectivity index is 0.983. The monoisotopic (exact) mass is 609 g/mol. The molecule has 1 heterocycles. The second-order valence-electron chi connectivity index (χ2n) is 14.5. The van der Waals surface area contributed by atoms with E-state index in [1.807, 2.05) is 0 Å². The highest BCUT2D eigenvalue weighted by Crippen LogP contribution is 2.66. The summed E-state index contributed by atoms with van der Waals surface area (Å²) < 4.78 is 5.36. The number of amides is 2. The SMILES string of the molecule is C[C@]12CC[C@H]3[C@@H](CC=C4C[C@@H](O)CC[C@@]43C)[C@@H]1CC[C@@H]2[C@H](O)CCC(=O)N1CCN(C(=O)Oc2ccc([N+](=O)[O-])cc2)CC1. The number of carbonyl (C=O) groups excluding carboxylic acids is 2. The van der Waals surface area contributed by atoms with Crippen LogP contribution in [0.1, 0.15) is 78.1 Å². The normalized spacial score (nSPS) is 35.5. The van der Waals surface area contributed by atoms with E-state index in [-0.39, 0.29) is 40.2 Å². The van der Waals surface area contributed by atoms with E-state index in [1.54, 1.807) is 4.90 Å². The van der Waals surface area contributed by atoms with Gasteiger partial charge in [-0.2, -0.15) is 0 Å². The summed E-state index contributed by atoms with van der Waals surface area (Å²) in [4.78, 5) is 39.3. The Morgan fingerprint density at radius 3 is 2.43 bits per heavy atom. The highest BCUT2D eigenvalue weighted by atomic mass is 16.6. The zero-order valence-electron chi connectivity index (χ0n) is 26.0. The van der Waals surface area contributed by atoms with Gasteiger partial charge >= 0.3 is 6.09 Å². The number of allylic oxidation sites excluding steroid dienone is 1. The van der Waals surface area contributed by atoms with Gasteiger partial charge in [0.1, 0.15) is 5.75 Å². The molecular weight excluding hydrogens is 562 g/mol. The molecule has 1 aromatic rings. The molecule has 8 atom stereocenters. The van der Waals surface area contributed by atoms with Crippen molar-refractivity contribution in [3.63, 3.8) is 0 Å². The molecular formula is C34H47N3O7. The fraction of sp³-hybridized carbons (Fsp3) is 0.706. The summed E-state index contributed by atoms with van der Waals surface area (Å²) in [6.45, 7) is 6.35. The summed E-state index contributed by atoms with van der Waals surface area (Å²) >= 11 is 0. The van der Waals surface area contributed by atoms with E-state index in [1.165, 1.54) is 41.2 Å². The number of hydrogen-bond acceptors (Lipinski definition) is 7. The van der Waals surface area contributed by atoms with Crippen LogP contribution in [-0.2, 0) is 4.79 Å². The van der Waals surface area contributed by atoms with Crippen LogP contribution >= 0.6 is 0 Å². The first kappa shape index (κ1) is 31.0. The van der Waals surface area contributed by atoms with Crippen LogP contribution in [0.2, 0.25) is 0 Å². The first-order valence-electron chi connectivity index (χ1n) is 16.5. The van der Waals surface area contributed by atoms with Gasteiger partial charge in [0.05, 0.1) is 17.1 Å². The van der Waals surface area contributed by atoms with Gasteiger partial charge in [0, 0.05) is 44.7 Å². The molecule has 10 heteroatoms. The van der Waals surface area contributed by atoms with Crippen LogP contribution in [0.25, 0.3) is 0 Å². The highest BCUT2D eigenvalue weighted by molar-refractivity contribution is 5.77. The van der Waals surface area contributed by atoms with E-state index >= 15 is 0 Å². The summed E-state index contributed by atoms with van der Waals surface area (Å²) in [7, 11) is 0. The lowest BCUT2D eigenvalue weighted by Gasteiger charge is -2.58. The molecule has 3 saturated carbocycles. The lowest BCUT2D eigenvalue weighted by atomic mass is 9.47. The molecule has 0 unspecified atom stereocenters. The van der Waals surface area contributed by atoms with Crippen LogP contribution in [0.5, 0.6) is 5.75 Å². The number of nitro benzene ring substituents is 1. The molecule has 0 spiro atoms. The van der Waals surface area contributed by atoms with Gasteiger partial charge in [-0.1, -0.05) is 25.5 Å². The maximum Gasteiger partial charge on any atom is 0.415 e. The van der Waals surface area contributed by atoms with E-state index in [2.05, 4.69) is 19.9 Å². The summed E-state index contributed by atoms with van der Waals surface area (Å²) in [5, 5.41) is 32.6. The zero-order valence-corrected chi connectivity index (χ0v) is 26.0. The Labute approximate surface area is 259 Å². The Morgan fingerprint density at radius 1 is 1.02 bits per heavy atom. The molecule has 2 N–H and O–H groups in total. The van der Waals surface area contributed by atoms with Crippen LogP contribution in [0.3, 0.4) is 0 Å². The van der Waals surface area contributed by atoms with E-state index in [0.29, 0.717) is 56.8 Å². The van der Waals surface area contributed by atoms with Crippen LogP contribution in [0.4, 0.5) is 10.5 Å². The van der Waals surface area contributed by atoms with Gasteiger partial charge in [-0.15, -0.1) is 0 Å². The number of rotatable bonds is 6. The number of piperazine rings is 1. The van der Waals surface area contributed by atoms with Crippen molar-refractivity contribution >= 4 is 17.7 Å². The minimum Gasteiger partial charge on any atom is -0.410 e. The van der Waals surface area contributed by atoms with Crippen molar-refractivity contribution in [1.82, 2.24) is 9.80 Å². The number of non-ortho nitro benzene ring substituents is 1. The third kappa shape index (κ3) is 5.64. The summed E-state index contributed by atoms with van der Waals surface area (Å²) in [6, 6.07) is 5.36. The third-order valence-corrected chi connectivity index (χ3v) is 12.4. The van der Waals surface area contributed by atoms with Gasteiger partial charge in [-0.3, -0.25) is 14.9 Å². The predicted molar refractivity (Wildman–Crippen MR) is 164 cm³/mol. The average Bonchev–Trinajstić information content (AvgIpc) is 3.37. The number of benzene rings is 1. The Hall–Kier alpha value is -2.98. The number of nitrogens with zero attached hydrogens (tertiary/aromatic N) is 3. The molecule has 1 saturated heterocycles. The number of hydrogen-bond donors (Lipinski definition) is 2. The van der Waals surface area contributed by atoms with Crippen LogP contribution < -0.4 is 4.74 Å². The summed E-state index contributed by atoms with van der Waals surface area (Å²) in [6.07, 6.45) is 10.3. The maximum absolute atomic E-state index is 13.1. The minimum absolute atomic E-state index is 0.00759. The zero-order chi connectivity index (χ0) is 31.2. The molecule has 1 aromatic carbocycles. The lowest BCUT2D eigenvalue weighted by Crippen LogP contribution is -2.52. The number of ether oxygens (including phenoxy) is 1. The molecule has 4 aliphatic carbocycles. The lowest BCUT2D eigenvalue weighted by molar-refractivity contribution is -0.384. The van der Waals surface area contributed by atoms with Gasteiger partial charge in [0.25, 0.3) is 5.69 Å². The van der Waals surface area contributed by atoms with Crippen molar-refractivity contribution in [1.29, 1.82) is 0 Å². The first-order valence-corrected chi connectivity index (χ1v) is 16.5. The second-order valence-corrected chi connectivity index (χ2v) is 14.5. The topological polar surface area (TPSA) is 133 Å². The van der Waals surface area contributed by atoms with Gasteiger partial charge in [-0.25, -0.2) is 4.79 Å². The molecule has 4 fully saturated rings. The number of aliphatic hydroxyl groups is 2. The highest BCUT2D eigenvalue weighted by Gasteiger charge is 2.59. The molecule has 6 rings (SSSR count). The van der Waals surface area contributed by atoms with E-state index < -0.39 is 17.1 Å². The van der Waals surface area contributed by atoms with Crippen molar-refractivity contribution < 1.29 is 29.5 Å². The largest absolute Gasteiger partial charge is 0.415 e. The Bertz CT molecular complexity index is 1290. The third-order valence-electron chi connectivity index (χ3n) is 12.4. The van der Waals surface area contributed by atoms with Crippen molar-refractivity contribution in [3.05, 3.63) is 46.0 Å². The van der Waals surface area contributed by atoms with Gasteiger partial charge in [0.15, 0.2) is 0 Å². The van der Waals surface area contributed by atoms with Crippen molar-refractivity contribution in [3.8, 4) is 5.75 Å². The Morgan fingerprint density at radius 2 is 1.73 bits per heavy atom. The van der Waals surface area contributed by atoms with Crippen molar-refractivity contribution in [2.45, 2.75) is 90.3 Å². The molecule has 5 aliphatic rings. The van der Waals surface area contributed by atoms with Gasteiger partial charge in [-0.05, 0) is 104 Å². The number of fused-ring (bicyclic) bond motifs is 5. The smallest absolute Gasteiger partial charge is 0.410 e. The van der Waals surface area contributed by atoms with E-state index in [0.717, 1.165) is 44.9 Å². The molecule has 10 nitrogen and oxygen atoms in total. The molecule has 44 heavy (non-hydrogen) atoms. The number of carbonyl (C=O) groups is 2. The average molecular weight is 610 g/mol. The Kier molecular flexibility index (Phi) is 8.52. The van der Waals surface area contributed by atoms with E-state index in [9.17, 15) is 29.9 Å². The van der Waals surface area contributed by atoms with Crippen molar-refractivity contribution in [2.75, 3.05) is 26.2 Å². The molecule has 240 valence electrons. The summed E-state index contributed by atoms with van der Waals surface area (Å²) in [5.41, 5.74) is 1.71. The molecule has 2 amide bonds.